The molecule has 0 aromatic rings. The highest BCUT2D eigenvalue weighted by atomic mass is 16.5. The van der Waals surface area contributed by atoms with Crippen LogP contribution < -0.4 is 5.32 Å². The van der Waals surface area contributed by atoms with Crippen molar-refractivity contribution in [3.8, 4) is 0 Å². The van der Waals surface area contributed by atoms with Crippen LogP contribution in [0.4, 0.5) is 0 Å². The largest absolute Gasteiger partial charge is 0.382 e. The van der Waals surface area contributed by atoms with Crippen LogP contribution in [0.5, 0.6) is 0 Å². The van der Waals surface area contributed by atoms with Crippen LogP contribution in [0, 0.1) is 5.92 Å². The molecule has 3 heteroatoms. The highest BCUT2D eigenvalue weighted by molar-refractivity contribution is 4.68. The van der Waals surface area contributed by atoms with Gasteiger partial charge in [-0.25, -0.2) is 0 Å². The Labute approximate surface area is 106 Å². The smallest absolute Gasteiger partial charge is 0.0932 e. The van der Waals surface area contributed by atoms with Gasteiger partial charge in [-0.2, -0.15) is 0 Å². The number of rotatable bonds is 8. The van der Waals surface area contributed by atoms with E-state index in [1.54, 1.807) is 7.11 Å². The zero-order chi connectivity index (χ0) is 12.5. The molecule has 0 aliphatic heterocycles. The molecule has 1 rings (SSSR count). The standard InChI is InChI=1S/C14H29NO2/c1-12(2)15-9-14(11-16-3)17-10-13-7-5-4-6-8-13/h12-15H,4-11H2,1-3H3. The van der Waals surface area contributed by atoms with Crippen molar-refractivity contribution in [1.82, 2.24) is 5.32 Å². The minimum atomic E-state index is 0.198. The van der Waals surface area contributed by atoms with Gasteiger partial charge >= 0.3 is 0 Å². The predicted molar refractivity (Wildman–Crippen MR) is 71.3 cm³/mol. The van der Waals surface area contributed by atoms with Crippen molar-refractivity contribution in [2.75, 3.05) is 26.9 Å². The Morgan fingerprint density at radius 2 is 1.88 bits per heavy atom. The Morgan fingerprint density at radius 1 is 1.18 bits per heavy atom. The van der Waals surface area contributed by atoms with Crippen molar-refractivity contribution in [3.63, 3.8) is 0 Å². The van der Waals surface area contributed by atoms with Gasteiger partial charge in [-0.3, -0.25) is 0 Å². The zero-order valence-corrected chi connectivity index (χ0v) is 11.7. The fraction of sp³-hybridized carbons (Fsp3) is 1.00. The summed E-state index contributed by atoms with van der Waals surface area (Å²) in [4.78, 5) is 0. The molecule has 1 unspecified atom stereocenters. The summed E-state index contributed by atoms with van der Waals surface area (Å²) in [5.74, 6) is 0.780. The van der Waals surface area contributed by atoms with Gasteiger partial charge in [-0.1, -0.05) is 33.1 Å². The quantitative estimate of drug-likeness (QED) is 0.711. The van der Waals surface area contributed by atoms with Crippen molar-refractivity contribution in [2.45, 2.75) is 58.1 Å². The SMILES string of the molecule is COCC(CNC(C)C)OCC1CCCCC1. The maximum Gasteiger partial charge on any atom is 0.0932 e. The van der Waals surface area contributed by atoms with Gasteiger partial charge in [-0.05, 0) is 18.8 Å². The van der Waals surface area contributed by atoms with Crippen LogP contribution in [0.15, 0.2) is 0 Å². The topological polar surface area (TPSA) is 30.5 Å². The summed E-state index contributed by atoms with van der Waals surface area (Å²) < 4.78 is 11.2. The van der Waals surface area contributed by atoms with Crippen LogP contribution in [0.3, 0.4) is 0 Å². The van der Waals surface area contributed by atoms with E-state index in [0.717, 1.165) is 19.1 Å². The van der Waals surface area contributed by atoms with Gasteiger partial charge in [0.2, 0.25) is 0 Å². The van der Waals surface area contributed by atoms with E-state index in [0.29, 0.717) is 12.6 Å². The lowest BCUT2D eigenvalue weighted by Gasteiger charge is -2.25. The number of methoxy groups -OCH3 is 1. The molecule has 0 aromatic carbocycles. The molecule has 3 nitrogen and oxygen atoms in total. The van der Waals surface area contributed by atoms with Crippen molar-refractivity contribution >= 4 is 0 Å². The molecule has 1 N–H and O–H groups in total. The average molecular weight is 243 g/mol. The number of hydrogen-bond donors (Lipinski definition) is 1. The molecule has 17 heavy (non-hydrogen) atoms. The summed E-state index contributed by atoms with van der Waals surface area (Å²) in [6.45, 7) is 6.80. The molecular formula is C14H29NO2. The molecule has 1 atom stereocenters. The minimum absolute atomic E-state index is 0.198. The lowest BCUT2D eigenvalue weighted by molar-refractivity contribution is -0.0214. The molecule has 0 bridgehead atoms. The van der Waals surface area contributed by atoms with E-state index in [9.17, 15) is 0 Å². The lowest BCUT2D eigenvalue weighted by Crippen LogP contribution is -2.37. The first-order valence-electron chi connectivity index (χ1n) is 7.06. The van der Waals surface area contributed by atoms with Crippen molar-refractivity contribution in [1.29, 1.82) is 0 Å². The molecule has 1 saturated carbocycles. The van der Waals surface area contributed by atoms with Gasteiger partial charge in [0.15, 0.2) is 0 Å². The summed E-state index contributed by atoms with van der Waals surface area (Å²) >= 11 is 0. The Kier molecular flexibility index (Phi) is 7.82. The molecule has 0 radical (unpaired) electrons. The van der Waals surface area contributed by atoms with Gasteiger partial charge in [0, 0.05) is 26.3 Å². The maximum absolute atomic E-state index is 5.98. The molecular weight excluding hydrogens is 214 g/mol. The number of ether oxygens (including phenoxy) is 2. The molecule has 0 saturated heterocycles. The Hall–Kier alpha value is -0.120. The Morgan fingerprint density at radius 3 is 2.47 bits per heavy atom. The lowest BCUT2D eigenvalue weighted by atomic mass is 9.90. The normalized spacial score (nSPS) is 19.8. The second-order valence-electron chi connectivity index (χ2n) is 5.48. The molecule has 1 aliphatic rings. The van der Waals surface area contributed by atoms with Crippen molar-refractivity contribution < 1.29 is 9.47 Å². The maximum atomic E-state index is 5.98. The third-order valence-electron chi connectivity index (χ3n) is 3.40. The van der Waals surface area contributed by atoms with Crippen LogP contribution in [-0.4, -0.2) is 39.0 Å². The van der Waals surface area contributed by atoms with E-state index < -0.39 is 0 Å². The predicted octanol–water partition coefficient (Wildman–Crippen LogP) is 2.60. The third kappa shape index (κ3) is 7.02. The summed E-state index contributed by atoms with van der Waals surface area (Å²) in [6.07, 6.45) is 7.06. The van der Waals surface area contributed by atoms with E-state index >= 15 is 0 Å². The molecule has 0 aromatic heterocycles. The van der Waals surface area contributed by atoms with Crippen LogP contribution in [-0.2, 0) is 9.47 Å². The molecule has 0 heterocycles. The summed E-state index contributed by atoms with van der Waals surface area (Å²) in [7, 11) is 1.74. The monoisotopic (exact) mass is 243 g/mol. The van der Waals surface area contributed by atoms with E-state index in [1.807, 2.05) is 0 Å². The van der Waals surface area contributed by atoms with Crippen molar-refractivity contribution in [2.24, 2.45) is 5.92 Å². The molecule has 1 aliphatic carbocycles. The molecule has 1 fully saturated rings. The van der Waals surface area contributed by atoms with Gasteiger partial charge < -0.3 is 14.8 Å². The fourth-order valence-electron chi connectivity index (χ4n) is 2.34. The van der Waals surface area contributed by atoms with Gasteiger partial charge in [0.05, 0.1) is 12.7 Å². The van der Waals surface area contributed by atoms with Gasteiger partial charge in [-0.15, -0.1) is 0 Å². The molecule has 0 spiro atoms. The van der Waals surface area contributed by atoms with Gasteiger partial charge in [0.25, 0.3) is 0 Å². The minimum Gasteiger partial charge on any atom is -0.382 e. The highest BCUT2D eigenvalue weighted by Crippen LogP contribution is 2.23. The third-order valence-corrected chi connectivity index (χ3v) is 3.40. The van der Waals surface area contributed by atoms with E-state index in [4.69, 9.17) is 9.47 Å². The van der Waals surface area contributed by atoms with Crippen LogP contribution in [0.2, 0.25) is 0 Å². The first-order chi connectivity index (χ1) is 8.22. The number of hydrogen-bond acceptors (Lipinski definition) is 3. The molecule has 102 valence electrons. The Balaban J connectivity index is 2.17. The van der Waals surface area contributed by atoms with Crippen LogP contribution in [0.25, 0.3) is 0 Å². The van der Waals surface area contributed by atoms with E-state index in [-0.39, 0.29) is 6.10 Å². The summed E-state index contributed by atoms with van der Waals surface area (Å²) in [5.41, 5.74) is 0. The second kappa shape index (κ2) is 8.90. The highest BCUT2D eigenvalue weighted by Gasteiger charge is 2.16. The zero-order valence-electron chi connectivity index (χ0n) is 11.7. The second-order valence-corrected chi connectivity index (χ2v) is 5.48. The number of nitrogens with one attached hydrogen (secondary N) is 1. The summed E-state index contributed by atoms with van der Waals surface area (Å²) in [5, 5.41) is 3.41. The van der Waals surface area contributed by atoms with Crippen LogP contribution in [0.1, 0.15) is 46.0 Å². The van der Waals surface area contributed by atoms with Gasteiger partial charge in [0.1, 0.15) is 0 Å². The van der Waals surface area contributed by atoms with E-state index in [1.165, 1.54) is 32.1 Å². The summed E-state index contributed by atoms with van der Waals surface area (Å²) in [6, 6.07) is 0.507. The average Bonchev–Trinajstić information content (AvgIpc) is 2.34. The first-order valence-corrected chi connectivity index (χ1v) is 7.06. The van der Waals surface area contributed by atoms with Crippen molar-refractivity contribution in [3.05, 3.63) is 0 Å². The molecule has 0 amide bonds. The Bertz CT molecular complexity index is 179. The first kappa shape index (κ1) is 14.9. The van der Waals surface area contributed by atoms with Crippen LogP contribution >= 0.6 is 0 Å². The van der Waals surface area contributed by atoms with E-state index in [2.05, 4.69) is 19.2 Å². The fourth-order valence-corrected chi connectivity index (χ4v) is 2.34.